The molecule has 1 heterocycles. The number of fused-ring (bicyclic) bond motifs is 1. The number of ether oxygens (including phenoxy) is 2. The van der Waals surface area contributed by atoms with E-state index in [0.717, 1.165) is 57.7 Å². The van der Waals surface area contributed by atoms with Crippen LogP contribution in [0.3, 0.4) is 0 Å². The van der Waals surface area contributed by atoms with Gasteiger partial charge in [0.25, 0.3) is 0 Å². The summed E-state index contributed by atoms with van der Waals surface area (Å²) in [5.74, 6) is 2.27. The molecule has 0 aliphatic rings. The lowest BCUT2D eigenvalue weighted by atomic mass is 10.1. The van der Waals surface area contributed by atoms with Crippen molar-refractivity contribution in [1.82, 2.24) is 0 Å². The Morgan fingerprint density at radius 1 is 0.857 bits per heavy atom. The van der Waals surface area contributed by atoms with Gasteiger partial charge in [-0.05, 0) is 35.9 Å². The lowest BCUT2D eigenvalue weighted by molar-refractivity contribution is -0.498. The smallest absolute Gasteiger partial charge is 0.493 e. The highest BCUT2D eigenvalue weighted by atomic mass is 35.5. The maximum atomic E-state index is 9.75. The van der Waals surface area contributed by atoms with Crippen LogP contribution in [0, 0.1) is 0 Å². The van der Waals surface area contributed by atoms with Gasteiger partial charge in [0.2, 0.25) is 5.36 Å². The second-order valence-electron chi connectivity index (χ2n) is 7.39. The molecule has 0 saturated carbocycles. The van der Waals surface area contributed by atoms with Gasteiger partial charge in [-0.25, -0.2) is 4.99 Å². The Balaban J connectivity index is 0.000000623. The summed E-state index contributed by atoms with van der Waals surface area (Å²) in [5, 5.41) is 2.61. The average Bonchev–Trinajstić information content (AvgIpc) is 2.83. The lowest BCUT2D eigenvalue weighted by Gasteiger charge is -2.08. The summed E-state index contributed by atoms with van der Waals surface area (Å²) in [4.78, 5) is 3.55. The predicted octanol–water partition coefficient (Wildman–Crippen LogP) is 5.29. The van der Waals surface area contributed by atoms with Gasteiger partial charge in [-0.1, -0.05) is 48.0 Å². The Hall–Kier alpha value is -3.46. The van der Waals surface area contributed by atoms with Crippen molar-refractivity contribution in [2.24, 2.45) is 0 Å². The number of halogens is 5. The summed E-state index contributed by atoms with van der Waals surface area (Å²) >= 11 is 6.24. The zero-order valence-corrected chi connectivity index (χ0v) is 19.8. The second-order valence-corrected chi connectivity index (χ2v) is 7.83. The maximum Gasteiger partial charge on any atom is 0.673 e. The Bertz CT molecular complexity index is 1340. The number of rotatable bonds is 6. The summed E-state index contributed by atoms with van der Waals surface area (Å²) < 4.78 is 55.9. The first kappa shape index (κ1) is 26.2. The van der Waals surface area contributed by atoms with Gasteiger partial charge in [0.05, 0.1) is 25.7 Å². The first-order valence-corrected chi connectivity index (χ1v) is 11.0. The minimum absolute atomic E-state index is 0.674. The molecule has 0 unspecified atom stereocenters. The third-order valence-corrected chi connectivity index (χ3v) is 5.20. The highest BCUT2D eigenvalue weighted by Gasteiger charge is 2.20. The van der Waals surface area contributed by atoms with Gasteiger partial charge in [-0.15, -0.1) is 0 Å². The van der Waals surface area contributed by atoms with Crippen LogP contribution >= 0.6 is 11.6 Å². The molecule has 0 spiro atoms. The molecule has 4 nitrogen and oxygen atoms in total. The second kappa shape index (κ2) is 11.8. The zero-order chi connectivity index (χ0) is 25.4. The molecule has 4 aromatic rings. The molecule has 0 aliphatic heterocycles. The van der Waals surface area contributed by atoms with E-state index in [4.69, 9.17) is 25.5 Å². The van der Waals surface area contributed by atoms with Gasteiger partial charge in [0.1, 0.15) is 17.9 Å². The van der Waals surface area contributed by atoms with E-state index in [9.17, 15) is 17.3 Å². The fourth-order valence-electron chi connectivity index (χ4n) is 3.43. The van der Waals surface area contributed by atoms with E-state index in [0.29, 0.717) is 5.02 Å². The van der Waals surface area contributed by atoms with E-state index in [1.54, 1.807) is 14.2 Å². The molecule has 0 saturated heterocycles. The number of nitrogens with one attached hydrogen (secondary N) is 1. The molecule has 0 radical (unpaired) electrons. The maximum absolute atomic E-state index is 9.75. The molecule has 1 aromatic heterocycles. The van der Waals surface area contributed by atoms with Crippen molar-refractivity contribution in [3.8, 4) is 22.8 Å². The molecule has 35 heavy (non-hydrogen) atoms. The summed E-state index contributed by atoms with van der Waals surface area (Å²) in [5.41, 5.74) is 2.97. The third kappa shape index (κ3) is 7.78. The number of hydrogen-bond acceptors (Lipinski definition) is 3. The van der Waals surface area contributed by atoms with Crippen LogP contribution in [0.1, 0.15) is 5.56 Å². The quantitative estimate of drug-likeness (QED) is 0.285. The average molecular weight is 508 g/mol. The van der Waals surface area contributed by atoms with Gasteiger partial charge in [-0.3, -0.25) is 0 Å². The Morgan fingerprint density at radius 2 is 1.54 bits per heavy atom. The van der Waals surface area contributed by atoms with Crippen molar-refractivity contribution in [3.05, 3.63) is 88.7 Å². The van der Waals surface area contributed by atoms with Crippen LogP contribution in [0.25, 0.3) is 22.3 Å². The molecule has 184 valence electrons. The zero-order valence-electron chi connectivity index (χ0n) is 19.0. The van der Waals surface area contributed by atoms with Crippen LogP contribution in [-0.4, -0.2) is 28.0 Å². The van der Waals surface area contributed by atoms with Crippen molar-refractivity contribution in [2.45, 2.75) is 6.42 Å². The molecule has 10 heteroatoms. The van der Waals surface area contributed by atoms with Gasteiger partial charge in [0.15, 0.2) is 11.5 Å². The van der Waals surface area contributed by atoms with E-state index in [2.05, 4.69) is 4.99 Å². The first-order valence-electron chi connectivity index (χ1n) is 10.6. The summed E-state index contributed by atoms with van der Waals surface area (Å²) in [6, 6.07) is 23.8. The Morgan fingerprint density at radius 3 is 2.20 bits per heavy atom. The fraction of sp³-hybridized carbons (Fsp3) is 0.160. The largest absolute Gasteiger partial charge is 0.673 e. The lowest BCUT2D eigenvalue weighted by Crippen LogP contribution is -2.77. The van der Waals surface area contributed by atoms with Crippen molar-refractivity contribution < 1.29 is 36.1 Å². The van der Waals surface area contributed by atoms with E-state index in [-0.39, 0.29) is 0 Å². The van der Waals surface area contributed by atoms with Gasteiger partial charge >= 0.3 is 7.25 Å². The van der Waals surface area contributed by atoms with Gasteiger partial charge in [0, 0.05) is 17.0 Å². The SMILES string of the molecule is COc1ccc(CC[NH+]=c2cc(-c3ccccc3)oc3ccc(Cl)cc23)cc1OC.F[B-](F)(F)F. The normalized spacial score (nSPS) is 11.7. The van der Waals surface area contributed by atoms with Crippen LogP contribution < -0.4 is 19.8 Å². The minimum atomic E-state index is -6.00. The monoisotopic (exact) mass is 507 g/mol. The Kier molecular flexibility index (Phi) is 8.81. The molecule has 1 N–H and O–H groups in total. The van der Waals surface area contributed by atoms with Crippen LogP contribution in [0.5, 0.6) is 11.5 Å². The summed E-state index contributed by atoms with van der Waals surface area (Å²) in [6.45, 7) is 0.745. The molecule has 0 fully saturated rings. The number of methoxy groups -OCH3 is 2. The summed E-state index contributed by atoms with van der Waals surface area (Å²) in [6.07, 6.45) is 0.828. The van der Waals surface area contributed by atoms with Gasteiger partial charge in [-0.2, -0.15) is 0 Å². The molecule has 0 amide bonds. The van der Waals surface area contributed by atoms with Crippen LogP contribution in [-0.2, 0) is 6.42 Å². The molecule has 0 aliphatic carbocycles. The third-order valence-electron chi connectivity index (χ3n) is 4.96. The van der Waals surface area contributed by atoms with Crippen LogP contribution in [0.15, 0.2) is 77.2 Å². The van der Waals surface area contributed by atoms with Crippen LogP contribution in [0.2, 0.25) is 5.02 Å². The van der Waals surface area contributed by atoms with Crippen molar-refractivity contribution >= 4 is 29.8 Å². The minimum Gasteiger partial charge on any atom is -0.493 e. The molecule has 0 atom stereocenters. The summed E-state index contributed by atoms with van der Waals surface area (Å²) in [7, 11) is -2.71. The van der Waals surface area contributed by atoms with Gasteiger partial charge < -0.3 is 31.2 Å². The van der Waals surface area contributed by atoms with Crippen LogP contribution in [0.4, 0.5) is 17.3 Å². The fourth-order valence-corrected chi connectivity index (χ4v) is 3.60. The number of hydrogen-bond donors (Lipinski definition) is 1. The first-order chi connectivity index (χ1) is 16.7. The molecule has 4 rings (SSSR count). The molecule has 0 bridgehead atoms. The standard InChI is InChI=1S/C25H22ClNO3.BF4/c1-28-23-10-8-17(14-25(23)29-2)12-13-27-21-16-24(18-6-4-3-5-7-18)30-22-11-9-19(26)15-20(21)22;2-1(3,4)5/h3-11,14-16H,12-13H2,1-2H3;/q;-1/p+1. The molecule has 3 aromatic carbocycles. The van der Waals surface area contributed by atoms with Crippen molar-refractivity contribution in [2.75, 3.05) is 20.8 Å². The number of benzene rings is 3. The highest BCUT2D eigenvalue weighted by molar-refractivity contribution is 6.50. The highest BCUT2D eigenvalue weighted by Crippen LogP contribution is 2.27. The van der Waals surface area contributed by atoms with E-state index in [1.807, 2.05) is 72.8 Å². The topological polar surface area (TPSA) is 45.6 Å². The van der Waals surface area contributed by atoms with Crippen molar-refractivity contribution in [1.29, 1.82) is 0 Å². The Labute approximate surface area is 204 Å². The van der Waals surface area contributed by atoms with E-state index < -0.39 is 7.25 Å². The molecular formula is C25H23BClF4NO3. The molecular weight excluding hydrogens is 485 g/mol. The van der Waals surface area contributed by atoms with Crippen molar-refractivity contribution in [3.63, 3.8) is 0 Å². The van der Waals surface area contributed by atoms with E-state index in [1.165, 1.54) is 0 Å². The van der Waals surface area contributed by atoms with E-state index >= 15 is 0 Å². The predicted molar refractivity (Wildman–Crippen MR) is 129 cm³/mol.